The molecule has 2 atom stereocenters. The normalized spacial score (nSPS) is 25.0. The van der Waals surface area contributed by atoms with E-state index in [4.69, 9.17) is 0 Å². The second-order valence-corrected chi connectivity index (χ2v) is 4.86. The first-order chi connectivity index (χ1) is 7.68. The van der Waals surface area contributed by atoms with Gasteiger partial charge in [0.15, 0.2) is 0 Å². The number of piperidine rings is 1. The molecule has 2 heterocycles. The second-order valence-electron chi connectivity index (χ2n) is 4.86. The van der Waals surface area contributed by atoms with Crippen LogP contribution in [-0.4, -0.2) is 23.7 Å². The van der Waals surface area contributed by atoms with Gasteiger partial charge in [0.05, 0.1) is 0 Å². The van der Waals surface area contributed by atoms with Crippen LogP contribution in [0.3, 0.4) is 0 Å². The monoisotopic (exact) mass is 222 g/mol. The van der Waals surface area contributed by atoms with Crippen LogP contribution in [0.4, 0.5) is 4.39 Å². The molecule has 0 amide bonds. The van der Waals surface area contributed by atoms with Crippen LogP contribution in [0.15, 0.2) is 24.5 Å². The molecule has 0 aromatic carbocycles. The maximum Gasteiger partial charge on any atom is 0.116 e. The van der Waals surface area contributed by atoms with Crippen molar-refractivity contribution in [1.29, 1.82) is 0 Å². The molecule has 1 fully saturated rings. The first kappa shape index (κ1) is 11.5. The van der Waals surface area contributed by atoms with E-state index >= 15 is 0 Å². The summed E-state index contributed by atoms with van der Waals surface area (Å²) in [4.78, 5) is 4.03. The van der Waals surface area contributed by atoms with E-state index in [1.54, 1.807) is 19.3 Å². The van der Waals surface area contributed by atoms with Crippen LogP contribution < -0.4 is 5.32 Å². The molecule has 0 radical (unpaired) electrons. The predicted molar refractivity (Wildman–Crippen MR) is 63.0 cm³/mol. The quantitative estimate of drug-likeness (QED) is 0.849. The number of rotatable bonds is 3. The summed E-state index contributed by atoms with van der Waals surface area (Å²) in [7, 11) is 0. The lowest BCUT2D eigenvalue weighted by Crippen LogP contribution is -2.42. The van der Waals surface area contributed by atoms with Gasteiger partial charge < -0.3 is 5.32 Å². The maximum absolute atomic E-state index is 14.6. The number of halogens is 1. The van der Waals surface area contributed by atoms with E-state index in [-0.39, 0.29) is 5.92 Å². The van der Waals surface area contributed by atoms with E-state index in [0.717, 1.165) is 31.5 Å². The lowest BCUT2D eigenvalue weighted by atomic mass is 9.81. The molecule has 1 aromatic rings. The number of nitrogens with zero attached hydrogens (tertiary/aromatic N) is 1. The summed E-state index contributed by atoms with van der Waals surface area (Å²) in [5.41, 5.74) is -0.144. The molecule has 2 unspecified atom stereocenters. The second kappa shape index (κ2) is 4.91. The highest BCUT2D eigenvalue weighted by molar-refractivity contribution is 5.12. The van der Waals surface area contributed by atoms with Gasteiger partial charge in [-0.1, -0.05) is 6.07 Å². The van der Waals surface area contributed by atoms with Crippen molar-refractivity contribution in [2.24, 2.45) is 5.92 Å². The molecule has 0 bridgehead atoms. The van der Waals surface area contributed by atoms with Gasteiger partial charge in [-0.25, -0.2) is 4.39 Å². The first-order valence-corrected chi connectivity index (χ1v) is 5.97. The van der Waals surface area contributed by atoms with Gasteiger partial charge in [0.25, 0.3) is 0 Å². The van der Waals surface area contributed by atoms with E-state index in [1.165, 1.54) is 0 Å². The molecule has 88 valence electrons. The first-order valence-electron chi connectivity index (χ1n) is 5.97. The minimum Gasteiger partial charge on any atom is -0.316 e. The molecule has 1 aliphatic heterocycles. The van der Waals surface area contributed by atoms with Crippen LogP contribution in [0.1, 0.15) is 25.3 Å². The summed E-state index contributed by atoms with van der Waals surface area (Å²) in [6.07, 6.45) is 6.01. The smallest absolute Gasteiger partial charge is 0.116 e. The zero-order chi connectivity index (χ0) is 11.4. The largest absolute Gasteiger partial charge is 0.316 e. The van der Waals surface area contributed by atoms with Crippen molar-refractivity contribution < 1.29 is 4.39 Å². The Morgan fingerprint density at radius 1 is 1.62 bits per heavy atom. The summed E-state index contributed by atoms with van der Waals surface area (Å²) in [6, 6.07) is 3.81. The minimum absolute atomic E-state index is 0.126. The predicted octanol–water partition coefficient (Wildman–Crippen LogP) is 2.35. The van der Waals surface area contributed by atoms with Gasteiger partial charge in [0.1, 0.15) is 5.67 Å². The SMILES string of the molecule is CC(F)(Cc1cccnc1)C1CCCNC1. The lowest BCUT2D eigenvalue weighted by molar-refractivity contribution is 0.0833. The third-order valence-corrected chi connectivity index (χ3v) is 3.42. The standard InChI is InChI=1S/C13H19FN2/c1-13(14,12-5-3-7-16-10-12)8-11-4-2-6-15-9-11/h2,4,6,9,12,16H,3,5,7-8,10H2,1H3. The number of pyridine rings is 1. The van der Waals surface area contributed by atoms with Gasteiger partial charge in [-0.15, -0.1) is 0 Å². The Morgan fingerprint density at radius 3 is 3.12 bits per heavy atom. The average Bonchev–Trinajstić information content (AvgIpc) is 2.31. The van der Waals surface area contributed by atoms with Crippen LogP contribution in [0, 0.1) is 5.92 Å². The zero-order valence-electron chi connectivity index (χ0n) is 9.75. The van der Waals surface area contributed by atoms with Crippen molar-refractivity contribution in [3.8, 4) is 0 Å². The molecule has 3 heteroatoms. The Morgan fingerprint density at radius 2 is 2.50 bits per heavy atom. The molecule has 1 aliphatic rings. The van der Waals surface area contributed by atoms with Gasteiger partial charge in [-0.05, 0) is 37.9 Å². The summed E-state index contributed by atoms with van der Waals surface area (Å²) in [5.74, 6) is 0.126. The van der Waals surface area contributed by atoms with E-state index in [9.17, 15) is 4.39 Å². The molecule has 0 aliphatic carbocycles. The number of aromatic nitrogens is 1. The van der Waals surface area contributed by atoms with Crippen molar-refractivity contribution >= 4 is 0 Å². The van der Waals surface area contributed by atoms with Crippen LogP contribution in [0.25, 0.3) is 0 Å². The minimum atomic E-state index is -1.13. The Labute approximate surface area is 96.3 Å². The van der Waals surface area contributed by atoms with Crippen LogP contribution in [-0.2, 0) is 6.42 Å². The third-order valence-electron chi connectivity index (χ3n) is 3.42. The van der Waals surface area contributed by atoms with Crippen molar-refractivity contribution in [1.82, 2.24) is 10.3 Å². The fourth-order valence-electron chi connectivity index (χ4n) is 2.41. The van der Waals surface area contributed by atoms with Crippen LogP contribution in [0.5, 0.6) is 0 Å². The molecule has 1 N–H and O–H groups in total. The molecule has 2 rings (SSSR count). The van der Waals surface area contributed by atoms with E-state index in [0.29, 0.717) is 6.42 Å². The molecule has 0 spiro atoms. The molecule has 16 heavy (non-hydrogen) atoms. The number of hydrogen-bond donors (Lipinski definition) is 1. The molecular formula is C13H19FN2. The lowest BCUT2D eigenvalue weighted by Gasteiger charge is -2.33. The van der Waals surface area contributed by atoms with Gasteiger partial charge in [0.2, 0.25) is 0 Å². The van der Waals surface area contributed by atoms with Crippen LogP contribution >= 0.6 is 0 Å². The van der Waals surface area contributed by atoms with Gasteiger partial charge in [-0.3, -0.25) is 4.98 Å². The van der Waals surface area contributed by atoms with Gasteiger partial charge in [0, 0.05) is 31.3 Å². The Balaban J connectivity index is 2.01. The highest BCUT2D eigenvalue weighted by Crippen LogP contribution is 2.30. The number of alkyl halides is 1. The van der Waals surface area contributed by atoms with Gasteiger partial charge >= 0.3 is 0 Å². The summed E-state index contributed by atoms with van der Waals surface area (Å²) in [6.45, 7) is 3.55. The molecule has 0 saturated carbocycles. The average molecular weight is 222 g/mol. The highest BCUT2D eigenvalue weighted by atomic mass is 19.1. The fraction of sp³-hybridized carbons (Fsp3) is 0.615. The number of hydrogen-bond acceptors (Lipinski definition) is 2. The van der Waals surface area contributed by atoms with E-state index in [2.05, 4.69) is 10.3 Å². The summed E-state index contributed by atoms with van der Waals surface area (Å²) < 4.78 is 14.6. The van der Waals surface area contributed by atoms with E-state index in [1.807, 2.05) is 12.1 Å². The Hall–Kier alpha value is -0.960. The van der Waals surface area contributed by atoms with Gasteiger partial charge in [-0.2, -0.15) is 0 Å². The van der Waals surface area contributed by atoms with Crippen molar-refractivity contribution in [2.75, 3.05) is 13.1 Å². The number of nitrogens with one attached hydrogen (secondary N) is 1. The van der Waals surface area contributed by atoms with Crippen molar-refractivity contribution in [3.05, 3.63) is 30.1 Å². The molecule has 2 nitrogen and oxygen atoms in total. The summed E-state index contributed by atoms with van der Waals surface area (Å²) >= 11 is 0. The maximum atomic E-state index is 14.6. The third kappa shape index (κ3) is 2.79. The highest BCUT2D eigenvalue weighted by Gasteiger charge is 2.35. The van der Waals surface area contributed by atoms with Crippen LogP contribution in [0.2, 0.25) is 0 Å². The Bertz CT molecular complexity index is 318. The summed E-state index contributed by atoms with van der Waals surface area (Å²) in [5, 5.41) is 3.27. The molecular weight excluding hydrogens is 203 g/mol. The van der Waals surface area contributed by atoms with E-state index < -0.39 is 5.67 Å². The zero-order valence-corrected chi connectivity index (χ0v) is 9.75. The fourth-order valence-corrected chi connectivity index (χ4v) is 2.41. The van der Waals surface area contributed by atoms with Crippen molar-refractivity contribution in [2.45, 2.75) is 31.9 Å². The molecule has 1 aromatic heterocycles. The van der Waals surface area contributed by atoms with Crippen molar-refractivity contribution in [3.63, 3.8) is 0 Å². The Kier molecular flexibility index (Phi) is 3.54. The topological polar surface area (TPSA) is 24.9 Å². The molecule has 1 saturated heterocycles.